The molecule has 4 aromatic carbocycles. The van der Waals surface area contributed by atoms with E-state index in [1.54, 1.807) is 13.2 Å². The van der Waals surface area contributed by atoms with Gasteiger partial charge in [0.1, 0.15) is 11.9 Å². The van der Waals surface area contributed by atoms with Crippen molar-refractivity contribution in [2.75, 3.05) is 26.7 Å². The zero-order valence-corrected chi connectivity index (χ0v) is 30.7. The minimum atomic E-state index is -0.351. The van der Waals surface area contributed by atoms with Gasteiger partial charge < -0.3 is 19.5 Å². The maximum Gasteiger partial charge on any atom is 0.222 e. The molecule has 2 bridgehead atoms. The second-order valence-corrected chi connectivity index (χ2v) is 15.3. The molecule has 8 rings (SSSR count). The van der Waals surface area contributed by atoms with Gasteiger partial charge >= 0.3 is 0 Å². The molecular formula is C46H50N2O5. The molecule has 1 saturated carbocycles. The highest BCUT2D eigenvalue weighted by Gasteiger charge is 2.67. The summed E-state index contributed by atoms with van der Waals surface area (Å²) in [6.07, 6.45) is 7.17. The van der Waals surface area contributed by atoms with E-state index < -0.39 is 0 Å². The van der Waals surface area contributed by atoms with E-state index in [1.807, 2.05) is 48.5 Å². The van der Waals surface area contributed by atoms with Gasteiger partial charge in [0, 0.05) is 66.1 Å². The van der Waals surface area contributed by atoms with E-state index in [1.165, 1.54) is 0 Å². The first-order valence-corrected chi connectivity index (χ1v) is 19.4. The second kappa shape index (κ2) is 14.9. The van der Waals surface area contributed by atoms with Crippen molar-refractivity contribution in [1.82, 2.24) is 9.80 Å². The third kappa shape index (κ3) is 6.23. The van der Waals surface area contributed by atoms with Crippen molar-refractivity contribution in [3.05, 3.63) is 138 Å². The lowest BCUT2D eigenvalue weighted by atomic mass is 9.50. The maximum atomic E-state index is 14.9. The molecule has 4 aliphatic rings. The molecule has 0 unspecified atom stereocenters. The van der Waals surface area contributed by atoms with Crippen LogP contribution in [0.25, 0.3) is 0 Å². The molecule has 1 amide bonds. The minimum Gasteiger partial charge on any atom is -0.508 e. The number of ketones is 1. The van der Waals surface area contributed by atoms with Gasteiger partial charge in [-0.3, -0.25) is 14.5 Å². The van der Waals surface area contributed by atoms with Crippen LogP contribution in [0.1, 0.15) is 83.5 Å². The van der Waals surface area contributed by atoms with Crippen molar-refractivity contribution >= 4 is 11.7 Å². The van der Waals surface area contributed by atoms with Gasteiger partial charge in [-0.1, -0.05) is 97.1 Å². The SMILES string of the molecule is C=CCN1CC[C@]23c4c5c(O)cc(OC)c4O[C@H]2[C@@H](N(CC(c2ccccc2)c2ccccc2)C(=O)CCCCC(=O)c2ccccc2)CC[C@H]3[C@H]1C5. The lowest BCUT2D eigenvalue weighted by molar-refractivity contribution is -0.143. The summed E-state index contributed by atoms with van der Waals surface area (Å²) in [5, 5.41) is 11.5. The Hall–Kier alpha value is -4.88. The third-order valence-corrected chi connectivity index (χ3v) is 12.7. The Morgan fingerprint density at radius 2 is 1.64 bits per heavy atom. The monoisotopic (exact) mass is 710 g/mol. The molecule has 1 spiro atoms. The van der Waals surface area contributed by atoms with Crippen LogP contribution in [0.4, 0.5) is 0 Å². The number of unbranched alkanes of at least 4 members (excludes halogenated alkanes) is 1. The molecule has 5 atom stereocenters. The summed E-state index contributed by atoms with van der Waals surface area (Å²) >= 11 is 0. The number of rotatable bonds is 14. The third-order valence-electron chi connectivity index (χ3n) is 12.7. The summed E-state index contributed by atoms with van der Waals surface area (Å²) < 4.78 is 13.1. The van der Waals surface area contributed by atoms with Crippen LogP contribution in [-0.2, 0) is 16.6 Å². The summed E-state index contributed by atoms with van der Waals surface area (Å²) in [5.74, 6) is 2.05. The topological polar surface area (TPSA) is 79.3 Å². The number of piperidine rings is 1. The number of benzene rings is 4. The summed E-state index contributed by atoms with van der Waals surface area (Å²) in [7, 11) is 1.64. The number of phenolic OH excluding ortho intramolecular Hbond substituents is 1. The highest BCUT2D eigenvalue weighted by Crippen LogP contribution is 2.65. The molecule has 53 heavy (non-hydrogen) atoms. The first-order chi connectivity index (χ1) is 25.9. The van der Waals surface area contributed by atoms with E-state index >= 15 is 0 Å². The number of amides is 1. The number of aromatic hydroxyl groups is 1. The van der Waals surface area contributed by atoms with E-state index in [0.717, 1.165) is 66.8 Å². The van der Waals surface area contributed by atoms with Gasteiger partial charge in [-0.15, -0.1) is 6.58 Å². The van der Waals surface area contributed by atoms with Gasteiger partial charge in [-0.2, -0.15) is 0 Å². The molecule has 7 nitrogen and oxygen atoms in total. The Labute approximate surface area is 313 Å². The Morgan fingerprint density at radius 3 is 2.30 bits per heavy atom. The number of methoxy groups -OCH3 is 1. The minimum absolute atomic E-state index is 0.0392. The fourth-order valence-electron chi connectivity index (χ4n) is 10.4. The van der Waals surface area contributed by atoms with Crippen molar-refractivity contribution in [3.8, 4) is 17.2 Å². The standard InChI is InChI=1S/C46H50N2O5/c1-3-26-47-27-25-46-36-23-24-37(45(46)53-44-41(52-2)29-40(50)34(43(44)46)28-38(36)47)48(42(51)22-14-13-21-39(49)33-19-11-6-12-20-33)30-35(31-15-7-4-8-16-31)32-17-9-5-10-18-32/h3-12,15-20,29,35-38,45,50H,1,13-14,21-28,30H2,2H3/t36-,37-,38+,45-,46-/m0/s1. The van der Waals surface area contributed by atoms with Crippen LogP contribution in [0, 0.1) is 5.92 Å². The molecule has 4 aromatic rings. The largest absolute Gasteiger partial charge is 0.508 e. The van der Waals surface area contributed by atoms with Gasteiger partial charge in [-0.05, 0) is 62.1 Å². The fraction of sp³-hybridized carbons (Fsp3) is 0.391. The fourth-order valence-corrected chi connectivity index (χ4v) is 10.4. The molecule has 2 heterocycles. The van der Waals surface area contributed by atoms with Crippen molar-refractivity contribution < 1.29 is 24.2 Å². The highest BCUT2D eigenvalue weighted by atomic mass is 16.5. The van der Waals surface area contributed by atoms with Gasteiger partial charge in [0.15, 0.2) is 17.3 Å². The van der Waals surface area contributed by atoms with Gasteiger partial charge in [0.25, 0.3) is 0 Å². The second-order valence-electron chi connectivity index (χ2n) is 15.3. The zero-order valence-electron chi connectivity index (χ0n) is 30.7. The molecule has 274 valence electrons. The number of hydrogen-bond acceptors (Lipinski definition) is 6. The molecular weight excluding hydrogens is 661 g/mol. The molecule has 2 fully saturated rings. The predicted molar refractivity (Wildman–Crippen MR) is 207 cm³/mol. The average molecular weight is 711 g/mol. The van der Waals surface area contributed by atoms with Gasteiger partial charge in [0.2, 0.25) is 5.91 Å². The molecule has 0 radical (unpaired) electrons. The van der Waals surface area contributed by atoms with Crippen molar-refractivity contribution in [1.29, 1.82) is 0 Å². The van der Waals surface area contributed by atoms with Crippen molar-refractivity contribution in [2.45, 2.75) is 80.9 Å². The number of likely N-dealkylation sites (tertiary alicyclic amines) is 1. The Bertz CT molecular complexity index is 1910. The van der Waals surface area contributed by atoms with E-state index in [2.05, 4.69) is 64.9 Å². The first-order valence-electron chi connectivity index (χ1n) is 19.4. The molecule has 7 heteroatoms. The quantitative estimate of drug-likeness (QED) is 0.0810. The van der Waals surface area contributed by atoms with Crippen LogP contribution >= 0.6 is 0 Å². The van der Waals surface area contributed by atoms with E-state index in [-0.39, 0.29) is 47.0 Å². The molecule has 1 saturated heterocycles. The lowest BCUT2D eigenvalue weighted by Gasteiger charge is -2.60. The van der Waals surface area contributed by atoms with Gasteiger partial charge in [0.05, 0.1) is 13.2 Å². The normalized spacial score (nSPS) is 23.9. The zero-order chi connectivity index (χ0) is 36.5. The summed E-state index contributed by atoms with van der Waals surface area (Å²) in [6, 6.07) is 32.2. The van der Waals surface area contributed by atoms with Crippen LogP contribution < -0.4 is 9.47 Å². The smallest absolute Gasteiger partial charge is 0.222 e. The van der Waals surface area contributed by atoms with Crippen LogP contribution in [-0.4, -0.2) is 71.5 Å². The summed E-state index contributed by atoms with van der Waals surface area (Å²) in [4.78, 5) is 32.5. The number of hydrogen-bond donors (Lipinski definition) is 1. The van der Waals surface area contributed by atoms with E-state index in [9.17, 15) is 14.7 Å². The Morgan fingerprint density at radius 1 is 0.981 bits per heavy atom. The molecule has 2 aliphatic carbocycles. The molecule has 0 aromatic heterocycles. The average Bonchev–Trinajstić information content (AvgIpc) is 3.54. The van der Waals surface area contributed by atoms with Crippen LogP contribution in [0.5, 0.6) is 17.2 Å². The van der Waals surface area contributed by atoms with Crippen LogP contribution in [0.3, 0.4) is 0 Å². The van der Waals surface area contributed by atoms with Crippen molar-refractivity contribution in [2.24, 2.45) is 5.92 Å². The Balaban J connectivity index is 1.16. The molecule has 2 aliphatic heterocycles. The number of carbonyl (C=O) groups is 2. The van der Waals surface area contributed by atoms with Crippen molar-refractivity contribution in [3.63, 3.8) is 0 Å². The maximum absolute atomic E-state index is 14.9. The van der Waals surface area contributed by atoms with Gasteiger partial charge in [-0.25, -0.2) is 0 Å². The molecule has 1 N–H and O–H groups in total. The summed E-state index contributed by atoms with van der Waals surface area (Å²) in [6.45, 7) is 6.28. The predicted octanol–water partition coefficient (Wildman–Crippen LogP) is 8.10. The number of phenols is 1. The number of nitrogens with zero attached hydrogens (tertiary/aromatic N) is 2. The number of ether oxygens (including phenoxy) is 2. The number of Topliss-reactive ketones (excluding diaryl/α,β-unsaturated/α-hetero) is 1. The lowest BCUT2D eigenvalue weighted by Crippen LogP contribution is -2.69. The summed E-state index contributed by atoms with van der Waals surface area (Å²) in [5.41, 5.74) is 4.77. The van der Waals surface area contributed by atoms with Crippen LogP contribution in [0.2, 0.25) is 0 Å². The number of carbonyl (C=O) groups excluding carboxylic acids is 2. The first kappa shape index (κ1) is 35.2. The van der Waals surface area contributed by atoms with E-state index in [4.69, 9.17) is 9.47 Å². The van der Waals surface area contributed by atoms with Crippen LogP contribution in [0.15, 0.2) is 110 Å². The Kier molecular flexibility index (Phi) is 9.86. The van der Waals surface area contributed by atoms with E-state index in [0.29, 0.717) is 49.5 Å². The highest BCUT2D eigenvalue weighted by molar-refractivity contribution is 5.96.